The first-order valence-corrected chi connectivity index (χ1v) is 20.8. The van der Waals surface area contributed by atoms with Crippen molar-refractivity contribution in [3.63, 3.8) is 0 Å². The summed E-state index contributed by atoms with van der Waals surface area (Å²) in [5, 5.41) is 0. The lowest BCUT2D eigenvalue weighted by Gasteiger charge is -2.16. The predicted octanol–water partition coefficient (Wildman–Crippen LogP) is 7.44. The van der Waals surface area contributed by atoms with Gasteiger partial charge in [0.15, 0.2) is 23.0 Å². The van der Waals surface area contributed by atoms with Gasteiger partial charge in [-0.15, -0.1) is 0 Å². The Hall–Kier alpha value is -5.15. The van der Waals surface area contributed by atoms with E-state index >= 15 is 0 Å². The number of ether oxygens (including phenoxy) is 2. The fraction of sp³-hybridized carbons (Fsp3) is 0.200. The molecule has 0 N–H and O–H groups in total. The molecule has 0 bridgehead atoms. The van der Waals surface area contributed by atoms with E-state index in [1.165, 1.54) is 62.8 Å². The molecule has 5 aromatic carbocycles. The van der Waals surface area contributed by atoms with Crippen molar-refractivity contribution in [3.8, 4) is 23.0 Å². The average Bonchev–Trinajstić information content (AvgIpc) is 3.14. The van der Waals surface area contributed by atoms with Gasteiger partial charge in [0.25, 0.3) is 10.1 Å². The lowest BCUT2D eigenvalue weighted by atomic mass is 9.98. The Labute approximate surface area is 317 Å². The van der Waals surface area contributed by atoms with E-state index in [1.54, 1.807) is 72.8 Å². The van der Waals surface area contributed by atoms with Crippen LogP contribution >= 0.6 is 0 Å². The summed E-state index contributed by atoms with van der Waals surface area (Å²) in [4.78, 5) is -0.0122. The van der Waals surface area contributed by atoms with Crippen LogP contribution in [0.5, 0.6) is 23.0 Å². The molecule has 0 aliphatic rings. The van der Waals surface area contributed by atoms with Crippen LogP contribution in [-0.2, 0) is 41.0 Å². The van der Waals surface area contributed by atoms with Crippen LogP contribution in [-0.4, -0.2) is 46.1 Å². The van der Waals surface area contributed by atoms with Crippen molar-refractivity contribution in [2.24, 2.45) is 5.92 Å². The molecule has 0 spiro atoms. The van der Waals surface area contributed by atoms with E-state index in [9.17, 15) is 25.3 Å². The monoisotopic (exact) mass is 792 g/mol. The molecule has 54 heavy (non-hydrogen) atoms. The Balaban J connectivity index is 1.40. The third-order valence-electron chi connectivity index (χ3n) is 8.24. The van der Waals surface area contributed by atoms with E-state index in [0.29, 0.717) is 11.1 Å². The second kappa shape index (κ2) is 16.9. The molecule has 14 heteroatoms. The Kier molecular flexibility index (Phi) is 12.5. The number of benzene rings is 5. The van der Waals surface area contributed by atoms with Crippen molar-refractivity contribution in [2.75, 3.05) is 20.8 Å². The highest BCUT2D eigenvalue weighted by molar-refractivity contribution is 7.87. The van der Waals surface area contributed by atoms with Crippen molar-refractivity contribution < 1.29 is 47.3 Å². The third kappa shape index (κ3) is 10.3. The quantitative estimate of drug-likeness (QED) is 0.0918. The van der Waals surface area contributed by atoms with Gasteiger partial charge in [0.05, 0.1) is 25.7 Å². The summed E-state index contributed by atoms with van der Waals surface area (Å²) in [5.41, 5.74) is 3.95. The molecule has 1 atom stereocenters. The SMILES string of the molecule is COc1cc(/C=C/[C@@H](COS(=O)(=O)c2ccc(C)cc2)Cc2ccc(OS(=O)(=O)c3ccc(C)cc3)c(OC)c2)ccc1OS(=O)(=O)c1ccc(C)cc1. The number of hydrogen-bond acceptors (Lipinski definition) is 11. The average molecular weight is 793 g/mol. The maximum absolute atomic E-state index is 13.1. The van der Waals surface area contributed by atoms with Gasteiger partial charge in [-0.05, 0) is 99.0 Å². The topological polar surface area (TPSA) is 149 Å². The molecular formula is C40H40O11S3. The summed E-state index contributed by atoms with van der Waals surface area (Å²) in [5.74, 6) is -0.269. The molecule has 0 unspecified atom stereocenters. The van der Waals surface area contributed by atoms with Gasteiger partial charge in [0.1, 0.15) is 9.79 Å². The van der Waals surface area contributed by atoms with Crippen molar-refractivity contribution in [3.05, 3.63) is 143 Å². The zero-order valence-corrected chi connectivity index (χ0v) is 32.7. The largest absolute Gasteiger partial charge is 0.493 e. The molecule has 0 aromatic heterocycles. The molecule has 284 valence electrons. The zero-order chi connectivity index (χ0) is 39.1. The molecule has 5 aromatic rings. The summed E-state index contributed by atoms with van der Waals surface area (Å²) in [7, 11) is -9.65. The Bertz CT molecular complexity index is 2440. The van der Waals surface area contributed by atoms with Crippen LogP contribution in [0.3, 0.4) is 0 Å². The predicted molar refractivity (Wildman–Crippen MR) is 205 cm³/mol. The van der Waals surface area contributed by atoms with Crippen LogP contribution < -0.4 is 17.8 Å². The standard InChI is InChI=1S/C40H40O11S3/c1-28-6-16-34(17-7-28)52(41,42)49-27-33(24-32-15-23-38(40(26-32)48-5)51-54(45,46)36-20-10-30(3)11-21-36)13-12-31-14-22-37(39(25-31)47-4)50-53(43,44)35-18-8-29(2)9-19-35/h6-23,25-26,33H,24,27H2,1-5H3/b13-12+/t33-/m1/s1. The van der Waals surface area contributed by atoms with Gasteiger partial charge in [-0.2, -0.15) is 25.3 Å². The fourth-order valence-electron chi connectivity index (χ4n) is 5.19. The highest BCUT2D eigenvalue weighted by Crippen LogP contribution is 2.34. The number of aryl methyl sites for hydroxylation is 3. The zero-order valence-electron chi connectivity index (χ0n) is 30.3. The van der Waals surface area contributed by atoms with Crippen LogP contribution in [0.2, 0.25) is 0 Å². The lowest BCUT2D eigenvalue weighted by molar-refractivity contribution is 0.279. The molecule has 11 nitrogen and oxygen atoms in total. The first-order chi connectivity index (χ1) is 25.6. The summed E-state index contributed by atoms with van der Waals surface area (Å²) in [6.07, 6.45) is 3.71. The smallest absolute Gasteiger partial charge is 0.339 e. The van der Waals surface area contributed by atoms with E-state index in [2.05, 4.69) is 0 Å². The van der Waals surface area contributed by atoms with E-state index in [0.717, 1.165) is 16.7 Å². The minimum absolute atomic E-state index is 0.00771. The highest BCUT2D eigenvalue weighted by Gasteiger charge is 2.22. The Morgan fingerprint density at radius 1 is 0.519 bits per heavy atom. The van der Waals surface area contributed by atoms with Crippen molar-refractivity contribution in [2.45, 2.75) is 41.9 Å². The number of hydrogen-bond donors (Lipinski definition) is 0. The van der Waals surface area contributed by atoms with Gasteiger partial charge in [0.2, 0.25) is 0 Å². The van der Waals surface area contributed by atoms with Crippen LogP contribution in [0.25, 0.3) is 6.08 Å². The van der Waals surface area contributed by atoms with Crippen LogP contribution in [0, 0.1) is 26.7 Å². The number of methoxy groups -OCH3 is 2. The molecule has 0 heterocycles. The molecular weight excluding hydrogens is 753 g/mol. The van der Waals surface area contributed by atoms with E-state index in [1.807, 2.05) is 20.8 Å². The second-order valence-electron chi connectivity index (χ2n) is 12.5. The number of rotatable bonds is 16. The molecule has 0 saturated heterocycles. The first kappa shape index (κ1) is 40.0. The molecule has 5 rings (SSSR count). The Morgan fingerprint density at radius 2 is 0.944 bits per heavy atom. The lowest BCUT2D eigenvalue weighted by Crippen LogP contribution is -2.16. The Morgan fingerprint density at radius 3 is 1.41 bits per heavy atom. The van der Waals surface area contributed by atoms with Gasteiger partial charge >= 0.3 is 20.2 Å². The second-order valence-corrected chi connectivity index (χ2v) is 17.2. The van der Waals surface area contributed by atoms with Gasteiger partial charge < -0.3 is 17.8 Å². The molecule has 0 amide bonds. The van der Waals surface area contributed by atoms with Crippen LogP contribution in [0.1, 0.15) is 27.8 Å². The van der Waals surface area contributed by atoms with Crippen LogP contribution in [0.15, 0.2) is 130 Å². The fourth-order valence-corrected chi connectivity index (χ4v) is 8.03. The van der Waals surface area contributed by atoms with Gasteiger partial charge in [-0.3, -0.25) is 4.18 Å². The normalized spacial score (nSPS) is 12.7. The summed E-state index contributed by atoms with van der Waals surface area (Å²) in [6, 6.07) is 28.2. The highest BCUT2D eigenvalue weighted by atomic mass is 32.2. The minimum atomic E-state index is -4.16. The van der Waals surface area contributed by atoms with Gasteiger partial charge in [-0.1, -0.05) is 77.4 Å². The maximum Gasteiger partial charge on any atom is 0.339 e. The van der Waals surface area contributed by atoms with E-state index < -0.39 is 36.3 Å². The molecule has 0 saturated carbocycles. The van der Waals surface area contributed by atoms with Gasteiger partial charge in [-0.25, -0.2) is 0 Å². The van der Waals surface area contributed by atoms with Crippen molar-refractivity contribution in [1.82, 2.24) is 0 Å². The van der Waals surface area contributed by atoms with Gasteiger partial charge in [0, 0.05) is 5.92 Å². The molecule has 0 aliphatic heterocycles. The van der Waals surface area contributed by atoms with Crippen molar-refractivity contribution in [1.29, 1.82) is 0 Å². The molecule has 0 fully saturated rings. The molecule has 0 radical (unpaired) electrons. The minimum Gasteiger partial charge on any atom is -0.493 e. The molecule has 0 aliphatic carbocycles. The van der Waals surface area contributed by atoms with E-state index in [-0.39, 0.29) is 50.7 Å². The summed E-state index contributed by atoms with van der Waals surface area (Å²) in [6.45, 7) is 5.28. The maximum atomic E-state index is 13.1. The third-order valence-corrected chi connectivity index (χ3v) is 12.0. The van der Waals surface area contributed by atoms with Crippen molar-refractivity contribution >= 4 is 36.4 Å². The summed E-state index contributed by atoms with van der Waals surface area (Å²) >= 11 is 0. The van der Waals surface area contributed by atoms with Crippen LogP contribution in [0.4, 0.5) is 0 Å². The first-order valence-electron chi connectivity index (χ1n) is 16.6. The van der Waals surface area contributed by atoms with E-state index in [4.69, 9.17) is 22.0 Å². The summed E-state index contributed by atoms with van der Waals surface area (Å²) < 4.78 is 105.